The van der Waals surface area contributed by atoms with Gasteiger partial charge in [-0.2, -0.15) is 0 Å². The van der Waals surface area contributed by atoms with E-state index in [1.54, 1.807) is 11.8 Å². The van der Waals surface area contributed by atoms with Gasteiger partial charge >= 0.3 is 0 Å². The van der Waals surface area contributed by atoms with Gasteiger partial charge in [-0.25, -0.2) is 0 Å². The van der Waals surface area contributed by atoms with Crippen LogP contribution < -0.4 is 15.0 Å². The Morgan fingerprint density at radius 1 is 1.00 bits per heavy atom. The van der Waals surface area contributed by atoms with E-state index in [0.717, 1.165) is 34.6 Å². The summed E-state index contributed by atoms with van der Waals surface area (Å²) in [5, 5.41) is 13.1. The molecular formula is C29H35N3O3. The Kier molecular flexibility index (Phi) is 9.90. The minimum atomic E-state index is -0.0614. The molecule has 0 atom stereocenters. The van der Waals surface area contributed by atoms with E-state index in [2.05, 4.69) is 48.4 Å². The summed E-state index contributed by atoms with van der Waals surface area (Å²) in [7, 11) is 0. The zero-order chi connectivity index (χ0) is 25.0. The van der Waals surface area contributed by atoms with Crippen LogP contribution in [0.4, 0.5) is 11.4 Å². The van der Waals surface area contributed by atoms with Crippen LogP contribution >= 0.6 is 0 Å². The fourth-order valence-corrected chi connectivity index (χ4v) is 3.60. The number of carbonyl (C=O) groups excluding carboxylic acids is 1. The Hall–Kier alpha value is -3.61. The minimum Gasteiger partial charge on any atom is -0.494 e. The van der Waals surface area contributed by atoms with Gasteiger partial charge in [0.2, 0.25) is 5.91 Å². The Morgan fingerprint density at radius 3 is 2.34 bits per heavy atom. The Labute approximate surface area is 207 Å². The number of carbonyl (C=O) groups is 1. The van der Waals surface area contributed by atoms with E-state index in [-0.39, 0.29) is 12.5 Å². The average Bonchev–Trinajstić information content (AvgIpc) is 3.29. The predicted molar refractivity (Wildman–Crippen MR) is 143 cm³/mol. The van der Waals surface area contributed by atoms with Gasteiger partial charge in [-0.1, -0.05) is 62.4 Å². The van der Waals surface area contributed by atoms with Gasteiger partial charge in [0.15, 0.2) is 0 Å². The molecule has 0 saturated carbocycles. The van der Waals surface area contributed by atoms with Crippen LogP contribution in [0, 0.1) is 0 Å². The molecule has 0 spiro atoms. The first kappa shape index (κ1) is 26.0. The maximum absolute atomic E-state index is 12.2. The number of H-pyrrole nitrogens is 1. The highest BCUT2D eigenvalue weighted by Crippen LogP contribution is 2.33. The second-order valence-corrected chi connectivity index (χ2v) is 8.51. The Morgan fingerprint density at radius 2 is 1.69 bits per heavy atom. The number of nitrogens with zero attached hydrogens (tertiary/aromatic N) is 1. The number of nitrogens with one attached hydrogen (secondary N) is 2. The van der Waals surface area contributed by atoms with Gasteiger partial charge in [0.25, 0.3) is 0 Å². The monoisotopic (exact) mass is 473 g/mol. The number of amides is 1. The molecule has 0 radical (unpaired) electrons. The van der Waals surface area contributed by atoms with Crippen molar-refractivity contribution in [2.24, 2.45) is 0 Å². The third kappa shape index (κ3) is 7.70. The van der Waals surface area contributed by atoms with E-state index >= 15 is 0 Å². The molecular weight excluding hydrogens is 438 g/mol. The van der Waals surface area contributed by atoms with E-state index in [0.29, 0.717) is 19.1 Å². The lowest BCUT2D eigenvalue weighted by molar-refractivity contribution is -0.115. The summed E-state index contributed by atoms with van der Waals surface area (Å²) in [5.41, 5.74) is 3.94. The van der Waals surface area contributed by atoms with Gasteiger partial charge in [0.05, 0.1) is 12.3 Å². The number of hydrogen-bond donors (Lipinski definition) is 3. The molecule has 0 aliphatic heterocycles. The quantitative estimate of drug-likeness (QED) is 0.269. The molecule has 35 heavy (non-hydrogen) atoms. The number of ether oxygens (including phenoxy) is 1. The molecule has 0 fully saturated rings. The lowest BCUT2D eigenvalue weighted by Gasteiger charge is -2.21. The van der Waals surface area contributed by atoms with Crippen LogP contribution in [0.5, 0.6) is 5.75 Å². The first-order valence-corrected chi connectivity index (χ1v) is 12.0. The van der Waals surface area contributed by atoms with E-state index in [1.165, 1.54) is 5.56 Å². The second kappa shape index (κ2) is 13.3. The van der Waals surface area contributed by atoms with E-state index in [1.807, 2.05) is 60.8 Å². The topological polar surface area (TPSA) is 77.6 Å². The number of para-hydroxylation sites is 1. The maximum atomic E-state index is 12.2. The summed E-state index contributed by atoms with van der Waals surface area (Å²) in [4.78, 5) is 17.1. The zero-order valence-electron chi connectivity index (χ0n) is 20.7. The highest BCUT2D eigenvalue weighted by atomic mass is 16.5. The maximum Gasteiger partial charge on any atom is 0.228 e. The molecule has 1 heterocycles. The lowest BCUT2D eigenvalue weighted by Crippen LogP contribution is -2.22. The van der Waals surface area contributed by atoms with E-state index in [4.69, 9.17) is 9.84 Å². The summed E-state index contributed by atoms with van der Waals surface area (Å²) >= 11 is 0. The highest BCUT2D eigenvalue weighted by molar-refractivity contribution is 6.07. The standard InChI is InChI=1S/C19H20N2O3.C10H15N/c1-14(23)21(19-13-20-18-6-3-2-5-17(18)19)15-7-9-16(10-8-15)24-12-4-11-22;1-9(2)11-8-10-6-4-3-5-7-10/h2-3,5-10,13,20,22H,4,11-12H2,1H3;3-7,9,11H,8H2,1-2H3. The largest absolute Gasteiger partial charge is 0.494 e. The molecule has 1 aromatic heterocycles. The molecule has 184 valence electrons. The first-order valence-electron chi connectivity index (χ1n) is 12.0. The third-order valence-corrected chi connectivity index (χ3v) is 5.35. The molecule has 3 N–H and O–H groups in total. The number of benzene rings is 3. The van der Waals surface area contributed by atoms with E-state index in [9.17, 15) is 4.79 Å². The highest BCUT2D eigenvalue weighted by Gasteiger charge is 2.17. The lowest BCUT2D eigenvalue weighted by atomic mass is 10.2. The van der Waals surface area contributed by atoms with Gasteiger partial charge in [-0.15, -0.1) is 0 Å². The molecule has 1 amide bonds. The first-order chi connectivity index (χ1) is 17.0. The smallest absolute Gasteiger partial charge is 0.228 e. The number of aliphatic hydroxyl groups is 1. The molecule has 4 aromatic rings. The number of fused-ring (bicyclic) bond motifs is 1. The predicted octanol–water partition coefficient (Wildman–Crippen LogP) is 5.80. The SMILES string of the molecule is CC(=O)N(c1ccc(OCCCO)cc1)c1c[nH]c2ccccc12.CC(C)NCc1ccccc1. The van der Waals surface area contributed by atoms with Crippen molar-refractivity contribution in [3.63, 3.8) is 0 Å². The summed E-state index contributed by atoms with van der Waals surface area (Å²) in [5.74, 6) is 0.656. The summed E-state index contributed by atoms with van der Waals surface area (Å²) in [6.07, 6.45) is 2.44. The number of aromatic amines is 1. The number of hydrogen-bond acceptors (Lipinski definition) is 4. The number of anilines is 2. The van der Waals surface area contributed by atoms with Crippen molar-refractivity contribution in [2.45, 2.75) is 39.8 Å². The molecule has 0 saturated heterocycles. The van der Waals surface area contributed by atoms with Gasteiger partial charge < -0.3 is 20.1 Å². The summed E-state index contributed by atoms with van der Waals surface area (Å²) < 4.78 is 5.53. The number of aliphatic hydroxyl groups excluding tert-OH is 1. The molecule has 3 aromatic carbocycles. The van der Waals surface area contributed by atoms with Crippen LogP contribution in [0.25, 0.3) is 10.9 Å². The second-order valence-electron chi connectivity index (χ2n) is 8.51. The number of aromatic nitrogens is 1. The summed E-state index contributed by atoms with van der Waals surface area (Å²) in [6, 6.07) is 26.3. The third-order valence-electron chi connectivity index (χ3n) is 5.35. The fourth-order valence-electron chi connectivity index (χ4n) is 3.60. The van der Waals surface area contributed by atoms with Gasteiger partial charge in [-0.3, -0.25) is 9.69 Å². The van der Waals surface area contributed by atoms with Crippen molar-refractivity contribution in [3.8, 4) is 5.75 Å². The molecule has 6 nitrogen and oxygen atoms in total. The summed E-state index contributed by atoms with van der Waals surface area (Å²) in [6.45, 7) is 7.41. The number of rotatable bonds is 9. The normalized spacial score (nSPS) is 10.7. The van der Waals surface area contributed by atoms with Crippen molar-refractivity contribution < 1.29 is 14.6 Å². The molecule has 4 rings (SSSR count). The van der Waals surface area contributed by atoms with Crippen LogP contribution in [0.15, 0.2) is 85.1 Å². The van der Waals surface area contributed by atoms with Crippen LogP contribution in [-0.2, 0) is 11.3 Å². The van der Waals surface area contributed by atoms with E-state index < -0.39 is 0 Å². The van der Waals surface area contributed by atoms with Crippen molar-refractivity contribution in [1.29, 1.82) is 0 Å². The fraction of sp³-hybridized carbons (Fsp3) is 0.276. The molecule has 0 unspecified atom stereocenters. The van der Waals surface area contributed by atoms with Crippen molar-refractivity contribution >= 4 is 28.2 Å². The molecule has 0 bridgehead atoms. The van der Waals surface area contributed by atoms with Crippen molar-refractivity contribution in [2.75, 3.05) is 18.1 Å². The van der Waals surface area contributed by atoms with Crippen molar-refractivity contribution in [1.82, 2.24) is 10.3 Å². The van der Waals surface area contributed by atoms with Crippen LogP contribution in [-0.4, -0.2) is 35.3 Å². The molecule has 6 heteroatoms. The van der Waals surface area contributed by atoms with Crippen LogP contribution in [0.1, 0.15) is 32.8 Å². The van der Waals surface area contributed by atoms with Gasteiger partial charge in [-0.05, 0) is 35.9 Å². The van der Waals surface area contributed by atoms with Crippen LogP contribution in [0.2, 0.25) is 0 Å². The molecule has 0 aliphatic rings. The van der Waals surface area contributed by atoms with Gasteiger partial charge in [0, 0.05) is 55.3 Å². The molecule has 0 aliphatic carbocycles. The van der Waals surface area contributed by atoms with Gasteiger partial charge in [0.1, 0.15) is 5.75 Å². The minimum absolute atomic E-state index is 0.0614. The van der Waals surface area contributed by atoms with Crippen molar-refractivity contribution in [3.05, 3.63) is 90.6 Å². The Bertz CT molecular complexity index is 1170. The average molecular weight is 474 g/mol. The van der Waals surface area contributed by atoms with Crippen LogP contribution in [0.3, 0.4) is 0 Å². The Balaban J connectivity index is 0.000000261. The zero-order valence-corrected chi connectivity index (χ0v) is 20.7.